The first kappa shape index (κ1) is 12.1. The Hall–Kier alpha value is -1.40. The smallest absolute Gasteiger partial charge is 0.150 e. The van der Waals surface area contributed by atoms with Gasteiger partial charge in [0.25, 0.3) is 0 Å². The van der Waals surface area contributed by atoms with Crippen molar-refractivity contribution in [3.05, 3.63) is 34.8 Å². The van der Waals surface area contributed by atoms with E-state index in [-0.39, 0.29) is 5.56 Å². The molecule has 0 fully saturated rings. The van der Waals surface area contributed by atoms with Crippen molar-refractivity contribution in [1.82, 2.24) is 10.2 Å². The molecule has 1 aromatic heterocycles. The van der Waals surface area contributed by atoms with Crippen molar-refractivity contribution in [3.63, 3.8) is 0 Å². The van der Waals surface area contributed by atoms with Crippen LogP contribution in [0.3, 0.4) is 0 Å². The Morgan fingerprint density at radius 2 is 2.06 bits per heavy atom. The lowest BCUT2D eigenvalue weighted by molar-refractivity contribution is 0.585. The fraction of sp³-hybridized carbons (Fsp3) is 0.273. The van der Waals surface area contributed by atoms with Crippen LogP contribution in [0.4, 0.5) is 8.78 Å². The highest BCUT2D eigenvalue weighted by Gasteiger charge is 2.11. The lowest BCUT2D eigenvalue weighted by Crippen LogP contribution is -1.99. The van der Waals surface area contributed by atoms with Crippen LogP contribution < -0.4 is 5.73 Å². The molecule has 0 spiro atoms. The second-order valence-electron chi connectivity index (χ2n) is 3.52. The van der Waals surface area contributed by atoms with Gasteiger partial charge in [-0.15, -0.1) is 10.2 Å². The highest BCUT2D eigenvalue weighted by atomic mass is 32.1. The van der Waals surface area contributed by atoms with Crippen LogP contribution >= 0.6 is 11.3 Å². The summed E-state index contributed by atoms with van der Waals surface area (Å²) in [5.41, 5.74) is 5.67. The highest BCUT2D eigenvalue weighted by molar-refractivity contribution is 7.14. The molecule has 0 atom stereocenters. The fourth-order valence-corrected chi connectivity index (χ4v) is 2.29. The van der Waals surface area contributed by atoms with Gasteiger partial charge in [0.15, 0.2) is 5.01 Å². The Kier molecular flexibility index (Phi) is 3.75. The van der Waals surface area contributed by atoms with Crippen LogP contribution in [0.5, 0.6) is 0 Å². The molecule has 90 valence electrons. The number of rotatable bonds is 4. The molecule has 3 nitrogen and oxygen atoms in total. The van der Waals surface area contributed by atoms with Gasteiger partial charge in [-0.1, -0.05) is 11.3 Å². The number of benzene rings is 1. The third-order valence-electron chi connectivity index (χ3n) is 2.22. The molecule has 0 unspecified atom stereocenters. The predicted octanol–water partition coefficient (Wildman–Crippen LogP) is 2.37. The number of hydrogen-bond acceptors (Lipinski definition) is 4. The molecule has 0 amide bonds. The van der Waals surface area contributed by atoms with E-state index in [2.05, 4.69) is 10.2 Å². The molecular weight excluding hydrogens is 244 g/mol. The molecule has 0 saturated heterocycles. The first-order valence-electron chi connectivity index (χ1n) is 5.18. The van der Waals surface area contributed by atoms with Gasteiger partial charge in [-0.2, -0.15) is 0 Å². The molecule has 1 aromatic carbocycles. The first-order chi connectivity index (χ1) is 8.20. The van der Waals surface area contributed by atoms with E-state index < -0.39 is 11.6 Å². The van der Waals surface area contributed by atoms with Crippen LogP contribution in [-0.2, 0) is 6.42 Å². The molecular formula is C11H11F2N3S. The Labute approximate surface area is 101 Å². The van der Waals surface area contributed by atoms with E-state index in [1.807, 2.05) is 0 Å². The molecule has 2 aromatic rings. The highest BCUT2D eigenvalue weighted by Crippen LogP contribution is 2.26. The molecule has 0 aliphatic carbocycles. The van der Waals surface area contributed by atoms with E-state index in [0.29, 0.717) is 11.6 Å². The second kappa shape index (κ2) is 5.29. The van der Waals surface area contributed by atoms with E-state index in [1.165, 1.54) is 23.5 Å². The summed E-state index contributed by atoms with van der Waals surface area (Å²) >= 11 is 1.31. The van der Waals surface area contributed by atoms with Crippen LogP contribution in [0.25, 0.3) is 10.6 Å². The molecule has 0 saturated carbocycles. The van der Waals surface area contributed by atoms with Crippen molar-refractivity contribution in [2.24, 2.45) is 5.73 Å². The van der Waals surface area contributed by atoms with Crippen LogP contribution in [0.2, 0.25) is 0 Å². The summed E-state index contributed by atoms with van der Waals surface area (Å²) in [4.78, 5) is 0. The number of nitrogens with zero attached hydrogens (tertiary/aromatic N) is 2. The molecule has 2 rings (SSSR count). The quantitative estimate of drug-likeness (QED) is 0.912. The van der Waals surface area contributed by atoms with Crippen molar-refractivity contribution in [2.45, 2.75) is 12.8 Å². The van der Waals surface area contributed by atoms with Gasteiger partial charge < -0.3 is 5.73 Å². The average molecular weight is 255 g/mol. The Morgan fingerprint density at radius 1 is 1.24 bits per heavy atom. The van der Waals surface area contributed by atoms with Crippen LogP contribution in [0.1, 0.15) is 11.4 Å². The summed E-state index contributed by atoms with van der Waals surface area (Å²) in [6.07, 6.45) is 1.55. The Balaban J connectivity index is 2.24. The minimum atomic E-state index is -0.619. The minimum Gasteiger partial charge on any atom is -0.330 e. The lowest BCUT2D eigenvalue weighted by atomic mass is 10.2. The number of aryl methyl sites for hydroxylation is 1. The monoisotopic (exact) mass is 255 g/mol. The Morgan fingerprint density at radius 3 is 2.76 bits per heavy atom. The zero-order chi connectivity index (χ0) is 12.3. The van der Waals surface area contributed by atoms with Crippen molar-refractivity contribution in [3.8, 4) is 10.6 Å². The van der Waals surface area contributed by atoms with Gasteiger partial charge >= 0.3 is 0 Å². The Bertz CT molecular complexity index is 513. The van der Waals surface area contributed by atoms with Gasteiger partial charge in [-0.3, -0.25) is 0 Å². The van der Waals surface area contributed by atoms with Gasteiger partial charge in [-0.05, 0) is 25.1 Å². The summed E-state index contributed by atoms with van der Waals surface area (Å²) in [6.45, 7) is 0.583. The van der Waals surface area contributed by atoms with Gasteiger partial charge in [0.05, 0.1) is 0 Å². The molecule has 0 aliphatic heterocycles. The van der Waals surface area contributed by atoms with Gasteiger partial charge in [0, 0.05) is 18.1 Å². The van der Waals surface area contributed by atoms with Gasteiger partial charge in [-0.25, -0.2) is 8.78 Å². The van der Waals surface area contributed by atoms with Crippen molar-refractivity contribution in [1.29, 1.82) is 0 Å². The largest absolute Gasteiger partial charge is 0.330 e. The van der Waals surface area contributed by atoms with Crippen molar-refractivity contribution < 1.29 is 8.78 Å². The van der Waals surface area contributed by atoms with E-state index in [0.717, 1.165) is 23.9 Å². The van der Waals surface area contributed by atoms with Crippen molar-refractivity contribution in [2.75, 3.05) is 6.54 Å². The van der Waals surface area contributed by atoms with E-state index >= 15 is 0 Å². The SMILES string of the molecule is NCCCc1nnc(-c2ccc(F)cc2F)s1. The van der Waals surface area contributed by atoms with E-state index in [4.69, 9.17) is 5.73 Å². The summed E-state index contributed by atoms with van der Waals surface area (Å²) < 4.78 is 26.2. The maximum Gasteiger partial charge on any atom is 0.150 e. The maximum atomic E-state index is 13.5. The second-order valence-corrected chi connectivity index (χ2v) is 4.58. The molecule has 6 heteroatoms. The summed E-state index contributed by atoms with van der Waals surface area (Å²) in [5.74, 6) is -1.22. The standard InChI is InChI=1S/C11H11F2N3S/c12-7-3-4-8(9(13)6-7)11-16-15-10(17-11)2-1-5-14/h3-4,6H,1-2,5,14H2. The normalized spacial score (nSPS) is 10.8. The van der Waals surface area contributed by atoms with E-state index in [9.17, 15) is 8.78 Å². The van der Waals surface area contributed by atoms with Gasteiger partial charge in [0.2, 0.25) is 0 Å². The van der Waals surface area contributed by atoms with E-state index in [1.54, 1.807) is 0 Å². The van der Waals surface area contributed by atoms with Gasteiger partial charge in [0.1, 0.15) is 16.6 Å². The lowest BCUT2D eigenvalue weighted by Gasteiger charge is -1.97. The number of halogens is 2. The minimum absolute atomic E-state index is 0.280. The average Bonchev–Trinajstić information content (AvgIpc) is 2.75. The zero-order valence-corrected chi connectivity index (χ0v) is 9.81. The number of nitrogens with two attached hydrogens (primary N) is 1. The molecule has 1 heterocycles. The van der Waals surface area contributed by atoms with Crippen LogP contribution in [0, 0.1) is 11.6 Å². The third-order valence-corrected chi connectivity index (χ3v) is 3.24. The number of hydrogen-bond donors (Lipinski definition) is 1. The first-order valence-corrected chi connectivity index (χ1v) is 6.00. The molecule has 0 aliphatic rings. The zero-order valence-electron chi connectivity index (χ0n) is 8.99. The van der Waals surface area contributed by atoms with Crippen LogP contribution in [-0.4, -0.2) is 16.7 Å². The molecule has 2 N–H and O–H groups in total. The summed E-state index contributed by atoms with van der Waals surface area (Å²) in [6, 6.07) is 3.42. The summed E-state index contributed by atoms with van der Waals surface area (Å²) in [7, 11) is 0. The third kappa shape index (κ3) is 2.83. The van der Waals surface area contributed by atoms with Crippen LogP contribution in [0.15, 0.2) is 18.2 Å². The fourth-order valence-electron chi connectivity index (χ4n) is 1.38. The maximum absolute atomic E-state index is 13.5. The summed E-state index contributed by atoms with van der Waals surface area (Å²) in [5, 5.41) is 9.12. The van der Waals surface area contributed by atoms with Crippen molar-refractivity contribution >= 4 is 11.3 Å². The molecule has 0 bridgehead atoms. The number of aromatic nitrogens is 2. The molecule has 17 heavy (non-hydrogen) atoms. The topological polar surface area (TPSA) is 51.8 Å². The molecule has 0 radical (unpaired) electrons. The predicted molar refractivity (Wildman–Crippen MR) is 62.6 cm³/mol.